The van der Waals surface area contributed by atoms with E-state index in [0.717, 1.165) is 18.8 Å². The molecule has 164 valence electrons. The Morgan fingerprint density at radius 3 is 2.67 bits per heavy atom. The van der Waals surface area contributed by atoms with Crippen molar-refractivity contribution >= 4 is 22.8 Å². The number of ether oxygens (including phenoxy) is 2. The summed E-state index contributed by atoms with van der Waals surface area (Å²) >= 11 is 0. The van der Waals surface area contributed by atoms with Gasteiger partial charge in [-0.2, -0.15) is 18.2 Å². The molecule has 2 aliphatic rings. The smallest absolute Gasteiger partial charge is 0.394 e. The van der Waals surface area contributed by atoms with E-state index >= 15 is 0 Å². The zero-order valence-corrected chi connectivity index (χ0v) is 16.8. The molecule has 1 aromatic heterocycles. The second-order valence-electron chi connectivity index (χ2n) is 7.82. The molecular formula is C20H25F3N4O3. The molecule has 0 unspecified atom stereocenters. The third-order valence-corrected chi connectivity index (χ3v) is 5.93. The first kappa shape index (κ1) is 20.8. The number of carbonyl (C=O) groups is 1. The van der Waals surface area contributed by atoms with Crippen LogP contribution in [0.15, 0.2) is 18.2 Å². The summed E-state index contributed by atoms with van der Waals surface area (Å²) in [6, 6.07) is 5.28. The number of nitrogens with one attached hydrogen (secondary N) is 1. The Balaban J connectivity index is 1.44. The van der Waals surface area contributed by atoms with Crippen LogP contribution in [0.5, 0.6) is 6.01 Å². The van der Waals surface area contributed by atoms with Crippen LogP contribution in [-0.2, 0) is 4.74 Å². The molecule has 1 aromatic carbocycles. The number of hydrogen-bond acceptors (Lipinski definition) is 5. The van der Waals surface area contributed by atoms with Gasteiger partial charge in [0.25, 0.3) is 0 Å². The van der Waals surface area contributed by atoms with E-state index in [4.69, 9.17) is 9.47 Å². The largest absolute Gasteiger partial charge is 0.468 e. The second-order valence-corrected chi connectivity index (χ2v) is 7.82. The summed E-state index contributed by atoms with van der Waals surface area (Å²) < 4.78 is 51.0. The summed E-state index contributed by atoms with van der Waals surface area (Å²) in [5, 5.41) is 2.69. The number of nitrogens with zero attached hydrogens (tertiary/aromatic N) is 3. The third kappa shape index (κ3) is 3.92. The number of anilines is 1. The Hall–Kier alpha value is -2.49. The average Bonchev–Trinajstić information content (AvgIpc) is 3.45. The Morgan fingerprint density at radius 2 is 2.03 bits per heavy atom. The predicted octanol–water partition coefficient (Wildman–Crippen LogP) is 3.56. The van der Waals surface area contributed by atoms with Gasteiger partial charge in [-0.15, -0.1) is 0 Å². The van der Waals surface area contributed by atoms with Gasteiger partial charge in [0.05, 0.1) is 36.8 Å². The van der Waals surface area contributed by atoms with Crippen LogP contribution in [0.1, 0.15) is 25.7 Å². The Bertz CT molecular complexity index is 918. The maximum absolute atomic E-state index is 13.0. The van der Waals surface area contributed by atoms with Gasteiger partial charge in [-0.05, 0) is 43.9 Å². The maximum atomic E-state index is 13.0. The van der Waals surface area contributed by atoms with Crippen LogP contribution >= 0.6 is 0 Å². The second kappa shape index (κ2) is 7.98. The molecule has 0 spiro atoms. The van der Waals surface area contributed by atoms with E-state index in [9.17, 15) is 18.0 Å². The quantitative estimate of drug-likeness (QED) is 0.716. The van der Waals surface area contributed by atoms with Gasteiger partial charge in [0.1, 0.15) is 0 Å². The van der Waals surface area contributed by atoms with Gasteiger partial charge in [0.2, 0.25) is 0 Å². The molecule has 0 atom stereocenters. The van der Waals surface area contributed by atoms with Gasteiger partial charge in [-0.25, -0.2) is 9.36 Å². The molecule has 1 amide bonds. The first-order valence-corrected chi connectivity index (χ1v) is 10.1. The van der Waals surface area contributed by atoms with Crippen LogP contribution in [-0.4, -0.2) is 61.7 Å². The van der Waals surface area contributed by atoms with Gasteiger partial charge in [0, 0.05) is 25.3 Å². The molecule has 2 heterocycles. The lowest BCUT2D eigenvalue weighted by atomic mass is 10.00. The summed E-state index contributed by atoms with van der Waals surface area (Å²) in [6.45, 7) is 3.04. The number of carbonyl (C=O) groups excluding carboxylic acids is 1. The zero-order chi connectivity index (χ0) is 21.4. The van der Waals surface area contributed by atoms with E-state index in [1.165, 1.54) is 11.7 Å². The number of morpholine rings is 1. The predicted molar refractivity (Wildman–Crippen MR) is 105 cm³/mol. The normalized spacial score (nSPS) is 18.5. The van der Waals surface area contributed by atoms with Crippen LogP contribution < -0.4 is 15.0 Å². The minimum atomic E-state index is -4.17. The molecule has 7 nitrogen and oxygen atoms in total. The van der Waals surface area contributed by atoms with Crippen molar-refractivity contribution in [3.8, 4) is 6.01 Å². The molecule has 1 saturated carbocycles. The lowest BCUT2D eigenvalue weighted by Crippen LogP contribution is -2.36. The fourth-order valence-electron chi connectivity index (χ4n) is 3.93. The lowest BCUT2D eigenvalue weighted by molar-refractivity contribution is -0.189. The number of hydrogen-bond donors (Lipinski definition) is 1. The Labute approximate surface area is 172 Å². The molecule has 2 fully saturated rings. The van der Waals surface area contributed by atoms with Gasteiger partial charge < -0.3 is 19.7 Å². The molecule has 0 bridgehead atoms. The molecule has 2 aromatic rings. The highest BCUT2D eigenvalue weighted by Crippen LogP contribution is 2.60. The fourth-order valence-corrected chi connectivity index (χ4v) is 3.93. The SMILES string of the molecule is COc1nc2cc(N3CCOCC3)ccc2n1C(=O)NCCCC1(C(F)(F)F)CC1. The molecule has 1 aliphatic carbocycles. The highest BCUT2D eigenvalue weighted by Gasteiger charge is 2.62. The van der Waals surface area contributed by atoms with Crippen molar-refractivity contribution in [3.63, 3.8) is 0 Å². The summed E-state index contributed by atoms with van der Waals surface area (Å²) in [7, 11) is 1.42. The molecule has 0 radical (unpaired) electrons. The van der Waals surface area contributed by atoms with Crippen molar-refractivity contribution in [1.82, 2.24) is 14.9 Å². The van der Waals surface area contributed by atoms with E-state index in [2.05, 4.69) is 15.2 Å². The van der Waals surface area contributed by atoms with Crippen molar-refractivity contribution in [1.29, 1.82) is 0 Å². The Kier molecular flexibility index (Phi) is 5.52. The summed E-state index contributed by atoms with van der Waals surface area (Å²) in [4.78, 5) is 19.3. The van der Waals surface area contributed by atoms with E-state index in [-0.39, 0.29) is 38.2 Å². The van der Waals surface area contributed by atoms with Crippen molar-refractivity contribution in [2.24, 2.45) is 5.41 Å². The van der Waals surface area contributed by atoms with E-state index in [0.29, 0.717) is 24.2 Å². The summed E-state index contributed by atoms with van der Waals surface area (Å²) in [6.07, 6.45) is -3.52. The third-order valence-electron chi connectivity index (χ3n) is 5.93. The molecule has 4 rings (SSSR count). The number of alkyl halides is 3. The summed E-state index contributed by atoms with van der Waals surface area (Å²) in [5.74, 6) is 0. The number of amides is 1. The van der Waals surface area contributed by atoms with Crippen LogP contribution in [0.3, 0.4) is 0 Å². The average molecular weight is 426 g/mol. The molecular weight excluding hydrogens is 401 g/mol. The monoisotopic (exact) mass is 426 g/mol. The van der Waals surface area contributed by atoms with E-state index < -0.39 is 17.6 Å². The first-order chi connectivity index (χ1) is 14.3. The van der Waals surface area contributed by atoms with Crippen LogP contribution in [0.2, 0.25) is 0 Å². The Morgan fingerprint density at radius 1 is 1.30 bits per heavy atom. The van der Waals surface area contributed by atoms with E-state index in [1.807, 2.05) is 12.1 Å². The molecule has 1 saturated heterocycles. The lowest BCUT2D eigenvalue weighted by Gasteiger charge is -2.28. The topological polar surface area (TPSA) is 68.6 Å². The van der Waals surface area contributed by atoms with Crippen molar-refractivity contribution < 1.29 is 27.4 Å². The molecule has 10 heteroatoms. The number of halogens is 3. The number of imidazole rings is 1. The highest BCUT2D eigenvalue weighted by molar-refractivity contribution is 5.92. The summed E-state index contributed by atoms with van der Waals surface area (Å²) in [5.41, 5.74) is 0.628. The van der Waals surface area contributed by atoms with Gasteiger partial charge in [-0.3, -0.25) is 0 Å². The number of methoxy groups -OCH3 is 1. The molecule has 30 heavy (non-hydrogen) atoms. The van der Waals surface area contributed by atoms with Crippen LogP contribution in [0.25, 0.3) is 11.0 Å². The highest BCUT2D eigenvalue weighted by atomic mass is 19.4. The van der Waals surface area contributed by atoms with Crippen molar-refractivity contribution in [2.45, 2.75) is 31.9 Å². The number of fused-ring (bicyclic) bond motifs is 1. The van der Waals surface area contributed by atoms with Crippen LogP contribution in [0.4, 0.5) is 23.7 Å². The van der Waals surface area contributed by atoms with Gasteiger partial charge in [-0.1, -0.05) is 0 Å². The van der Waals surface area contributed by atoms with Crippen LogP contribution in [0, 0.1) is 5.41 Å². The molecule has 1 N–H and O–H groups in total. The standard InChI is InChI=1S/C20H25F3N4O3/c1-29-18-25-15-13-14(26-9-11-30-12-10-26)3-4-16(15)27(18)17(28)24-8-2-5-19(6-7-19)20(21,22)23/h3-4,13H,2,5-12H2,1H3,(H,24,28). The number of benzene rings is 1. The zero-order valence-electron chi connectivity index (χ0n) is 16.8. The van der Waals surface area contributed by atoms with E-state index in [1.54, 1.807) is 6.07 Å². The minimum absolute atomic E-state index is 0.0293. The number of rotatable bonds is 6. The van der Waals surface area contributed by atoms with Gasteiger partial charge >= 0.3 is 18.2 Å². The fraction of sp³-hybridized carbons (Fsp3) is 0.600. The van der Waals surface area contributed by atoms with Crippen molar-refractivity contribution in [2.75, 3.05) is 44.9 Å². The minimum Gasteiger partial charge on any atom is -0.468 e. The maximum Gasteiger partial charge on any atom is 0.394 e. The first-order valence-electron chi connectivity index (χ1n) is 10.1. The van der Waals surface area contributed by atoms with Crippen molar-refractivity contribution in [3.05, 3.63) is 18.2 Å². The number of aromatic nitrogens is 2. The molecule has 1 aliphatic heterocycles. The van der Waals surface area contributed by atoms with Gasteiger partial charge in [0.15, 0.2) is 0 Å².